The maximum atomic E-state index is 12.7. The number of carboxylic acids is 1. The molecule has 0 saturated carbocycles. The molecule has 0 heterocycles. The van der Waals surface area contributed by atoms with E-state index in [2.05, 4.69) is 74.6 Å². The largest absolute Gasteiger partial charge is 0.544 e. The van der Waals surface area contributed by atoms with Crippen LogP contribution in [-0.4, -0.2) is 75.5 Å². The summed E-state index contributed by atoms with van der Waals surface area (Å²) in [5, 5.41) is 11.6. The van der Waals surface area contributed by atoms with Gasteiger partial charge in [-0.25, -0.2) is 0 Å². The molecule has 2 unspecified atom stereocenters. The highest BCUT2D eigenvalue weighted by molar-refractivity contribution is 5.70. The van der Waals surface area contributed by atoms with E-state index < -0.39 is 18.1 Å². The Balaban J connectivity index is 4.36. The number of ether oxygens (including phenoxy) is 3. The fourth-order valence-electron chi connectivity index (χ4n) is 6.85. The van der Waals surface area contributed by atoms with Gasteiger partial charge in [0.15, 0.2) is 6.10 Å². The lowest BCUT2D eigenvalue weighted by molar-refractivity contribution is -0.889. The van der Waals surface area contributed by atoms with Crippen LogP contribution in [0, 0.1) is 0 Å². The monoisotopic (exact) mass is 842 g/mol. The first-order chi connectivity index (χ1) is 29.1. The quantitative estimate of drug-likeness (QED) is 0.0261. The molecule has 346 valence electrons. The van der Waals surface area contributed by atoms with Gasteiger partial charge in [-0.1, -0.05) is 177 Å². The molecule has 2 atom stereocenters. The Morgan fingerprint density at radius 2 is 0.883 bits per heavy atom. The summed E-state index contributed by atoms with van der Waals surface area (Å²) >= 11 is 0. The zero-order chi connectivity index (χ0) is 44.2. The van der Waals surface area contributed by atoms with Gasteiger partial charge in [-0.05, 0) is 64.2 Å². The SMILES string of the molecule is CCCCC/C=C/C/C=C/C/C=C/C/C=C/C/C=C/CCCCC(=O)OCC(COCCC(C(=O)[O-])[N+](C)(C)C)OC(=O)CCCCCCCCCCCCCCCCC. The van der Waals surface area contributed by atoms with Gasteiger partial charge < -0.3 is 28.6 Å². The average molecular weight is 842 g/mol. The molecule has 0 aromatic heterocycles. The molecular weight excluding hydrogens is 751 g/mol. The third-order valence-electron chi connectivity index (χ3n) is 10.7. The minimum absolute atomic E-state index is 0.0268. The minimum Gasteiger partial charge on any atom is -0.544 e. The fourth-order valence-corrected chi connectivity index (χ4v) is 6.85. The van der Waals surface area contributed by atoms with Crippen LogP contribution in [0.1, 0.15) is 200 Å². The molecule has 0 bridgehead atoms. The van der Waals surface area contributed by atoms with Crippen LogP contribution in [0.25, 0.3) is 0 Å². The second kappa shape index (κ2) is 42.7. The van der Waals surface area contributed by atoms with Gasteiger partial charge in [0.25, 0.3) is 0 Å². The molecule has 8 nitrogen and oxygen atoms in total. The first-order valence-electron chi connectivity index (χ1n) is 24.3. The number of nitrogens with zero attached hydrogens (tertiary/aromatic N) is 1. The Hall–Kier alpha value is -2.97. The number of allylic oxidation sites excluding steroid dienone is 10. The summed E-state index contributed by atoms with van der Waals surface area (Å²) in [6.07, 6.45) is 52.4. The van der Waals surface area contributed by atoms with Gasteiger partial charge in [-0.15, -0.1) is 0 Å². The van der Waals surface area contributed by atoms with Crippen LogP contribution in [0.5, 0.6) is 0 Å². The number of carboxylic acid groups (broad SMARTS) is 1. The van der Waals surface area contributed by atoms with E-state index >= 15 is 0 Å². The molecule has 0 rings (SSSR count). The number of aliphatic carboxylic acids is 1. The molecule has 0 aromatic carbocycles. The average Bonchev–Trinajstić information content (AvgIpc) is 3.21. The summed E-state index contributed by atoms with van der Waals surface area (Å²) in [7, 11) is 5.40. The summed E-state index contributed by atoms with van der Waals surface area (Å²) in [4.78, 5) is 36.9. The lowest BCUT2D eigenvalue weighted by Gasteiger charge is -2.34. The molecule has 60 heavy (non-hydrogen) atoms. The van der Waals surface area contributed by atoms with E-state index in [9.17, 15) is 19.5 Å². The van der Waals surface area contributed by atoms with Crippen molar-refractivity contribution in [3.05, 3.63) is 60.8 Å². The lowest BCUT2D eigenvalue weighted by Crippen LogP contribution is -2.55. The summed E-state index contributed by atoms with van der Waals surface area (Å²) in [5.41, 5.74) is 0. The van der Waals surface area contributed by atoms with Crippen LogP contribution in [0.2, 0.25) is 0 Å². The highest BCUT2D eigenvalue weighted by atomic mass is 16.6. The van der Waals surface area contributed by atoms with Gasteiger partial charge in [0.05, 0.1) is 40.3 Å². The van der Waals surface area contributed by atoms with E-state index in [4.69, 9.17) is 14.2 Å². The third-order valence-corrected chi connectivity index (χ3v) is 10.7. The van der Waals surface area contributed by atoms with E-state index in [1.54, 1.807) is 21.1 Å². The van der Waals surface area contributed by atoms with Crippen LogP contribution in [0.4, 0.5) is 0 Å². The Morgan fingerprint density at radius 3 is 1.33 bits per heavy atom. The molecule has 8 heteroatoms. The Labute approximate surface area is 368 Å². The van der Waals surface area contributed by atoms with E-state index in [0.717, 1.165) is 57.8 Å². The second-order valence-corrected chi connectivity index (χ2v) is 17.4. The zero-order valence-corrected chi connectivity index (χ0v) is 39.4. The summed E-state index contributed by atoms with van der Waals surface area (Å²) in [6.45, 7) is 4.60. The van der Waals surface area contributed by atoms with Crippen molar-refractivity contribution in [1.29, 1.82) is 0 Å². The highest BCUT2D eigenvalue weighted by Gasteiger charge is 2.25. The number of rotatable bonds is 43. The number of quaternary nitrogens is 1. The van der Waals surface area contributed by atoms with Crippen LogP contribution in [-0.2, 0) is 28.6 Å². The van der Waals surface area contributed by atoms with Crippen LogP contribution in [0.3, 0.4) is 0 Å². The van der Waals surface area contributed by atoms with Crippen molar-refractivity contribution in [2.75, 3.05) is 41.0 Å². The summed E-state index contributed by atoms with van der Waals surface area (Å²) in [6, 6.07) is -0.733. The number of hydrogen-bond acceptors (Lipinski definition) is 7. The second-order valence-electron chi connectivity index (χ2n) is 17.4. The summed E-state index contributed by atoms with van der Waals surface area (Å²) < 4.78 is 17.2. The van der Waals surface area contributed by atoms with Gasteiger partial charge in [0.2, 0.25) is 0 Å². The van der Waals surface area contributed by atoms with Gasteiger partial charge in [0.1, 0.15) is 12.6 Å². The van der Waals surface area contributed by atoms with Crippen molar-refractivity contribution >= 4 is 17.9 Å². The van der Waals surface area contributed by atoms with Crippen molar-refractivity contribution in [1.82, 2.24) is 0 Å². The number of carbonyl (C=O) groups excluding carboxylic acids is 3. The van der Waals surface area contributed by atoms with Crippen LogP contribution in [0.15, 0.2) is 60.8 Å². The van der Waals surface area contributed by atoms with Crippen molar-refractivity contribution in [2.24, 2.45) is 0 Å². The topological polar surface area (TPSA) is 102 Å². The maximum Gasteiger partial charge on any atom is 0.306 e. The first kappa shape index (κ1) is 57.0. The third kappa shape index (κ3) is 40.4. The molecule has 0 aromatic rings. The van der Waals surface area contributed by atoms with Gasteiger partial charge in [-0.2, -0.15) is 0 Å². The molecule has 0 fully saturated rings. The predicted octanol–water partition coefficient (Wildman–Crippen LogP) is 12.4. The summed E-state index contributed by atoms with van der Waals surface area (Å²) in [5.74, 6) is -1.79. The van der Waals surface area contributed by atoms with Crippen molar-refractivity contribution in [2.45, 2.75) is 212 Å². The molecule has 0 aliphatic rings. The molecule has 0 aliphatic carbocycles. The number of hydrogen-bond donors (Lipinski definition) is 0. The fraction of sp³-hybridized carbons (Fsp3) is 0.750. The van der Waals surface area contributed by atoms with Crippen molar-refractivity contribution < 1.29 is 38.2 Å². The van der Waals surface area contributed by atoms with Gasteiger partial charge in [0, 0.05) is 19.3 Å². The standard InChI is InChI=1S/C52H91NO7/c1-6-8-10-12-14-16-18-20-22-23-24-25-26-27-29-30-32-34-36-38-40-42-50(54)59-47-48(46-58-45-44-49(52(56)57)53(3,4)5)60-51(55)43-41-39-37-35-33-31-28-21-19-17-15-13-11-9-7-2/h14,16,20,22,24-25,27,29,32,34,48-49H,6-13,15,17-19,21,23,26,28,30-31,33,35-47H2,1-5H3/b16-14+,22-20+,25-24+,29-27+,34-32+. The molecule has 0 N–H and O–H groups in total. The normalized spacial score (nSPS) is 13.4. The molecular formula is C52H91NO7. The number of likely N-dealkylation sites (N-methyl/N-ethyl adjacent to an activating group) is 1. The Morgan fingerprint density at radius 1 is 0.500 bits per heavy atom. The van der Waals surface area contributed by atoms with E-state index in [-0.39, 0.29) is 42.7 Å². The van der Waals surface area contributed by atoms with Gasteiger partial charge in [-0.3, -0.25) is 9.59 Å². The molecule has 0 spiro atoms. The highest BCUT2D eigenvalue weighted by Crippen LogP contribution is 2.15. The number of carbonyl (C=O) groups is 3. The zero-order valence-electron chi connectivity index (χ0n) is 39.4. The van der Waals surface area contributed by atoms with Crippen molar-refractivity contribution in [3.8, 4) is 0 Å². The van der Waals surface area contributed by atoms with E-state index in [0.29, 0.717) is 19.3 Å². The van der Waals surface area contributed by atoms with E-state index in [1.165, 1.54) is 103 Å². The number of esters is 2. The van der Waals surface area contributed by atoms with Crippen LogP contribution >= 0.6 is 0 Å². The Kier molecular flexibility index (Phi) is 40.6. The predicted molar refractivity (Wildman–Crippen MR) is 249 cm³/mol. The molecule has 0 amide bonds. The van der Waals surface area contributed by atoms with E-state index in [1.807, 2.05) is 0 Å². The molecule has 0 saturated heterocycles. The minimum atomic E-state index is -1.13. The molecule has 0 aliphatic heterocycles. The Bertz CT molecular complexity index is 1170. The molecule has 0 radical (unpaired) electrons. The smallest absolute Gasteiger partial charge is 0.306 e. The van der Waals surface area contributed by atoms with Crippen molar-refractivity contribution in [3.63, 3.8) is 0 Å². The first-order valence-corrected chi connectivity index (χ1v) is 24.3. The number of unbranched alkanes of at least 4 members (excludes halogenated alkanes) is 19. The van der Waals surface area contributed by atoms with Gasteiger partial charge >= 0.3 is 11.9 Å². The lowest BCUT2D eigenvalue weighted by atomic mass is 10.0. The maximum absolute atomic E-state index is 12.7. The van der Waals surface area contributed by atoms with Crippen LogP contribution < -0.4 is 5.11 Å².